The fourth-order valence-corrected chi connectivity index (χ4v) is 0.586. The van der Waals surface area contributed by atoms with Gasteiger partial charge < -0.3 is 21.3 Å². The molecule has 0 aliphatic rings. The second kappa shape index (κ2) is 14.4. The molecule has 0 unspecified atom stereocenters. The molecule has 1 aromatic carbocycles. The van der Waals surface area contributed by atoms with E-state index in [2.05, 4.69) is 19.9 Å². The van der Waals surface area contributed by atoms with Gasteiger partial charge in [-0.2, -0.15) is 48.7 Å². The monoisotopic (exact) mass is 355 g/mol. The summed E-state index contributed by atoms with van der Waals surface area (Å²) in [5, 5.41) is 0. The third kappa shape index (κ3) is 11.9. The van der Waals surface area contributed by atoms with E-state index in [1.165, 1.54) is 5.56 Å². The first-order chi connectivity index (χ1) is 5.35. The Morgan fingerprint density at radius 3 is 2.08 bits per heavy atom. The second-order valence-electron chi connectivity index (χ2n) is 2.14. The van der Waals surface area contributed by atoms with Crippen molar-refractivity contribution in [1.82, 2.24) is 0 Å². The van der Waals surface area contributed by atoms with Gasteiger partial charge in [0.1, 0.15) is 0 Å². The van der Waals surface area contributed by atoms with Crippen molar-refractivity contribution < 1.29 is 20.1 Å². The van der Waals surface area contributed by atoms with Gasteiger partial charge in [0.25, 0.3) is 0 Å². The van der Waals surface area contributed by atoms with Crippen LogP contribution in [0.4, 0.5) is 0 Å². The zero-order valence-corrected chi connectivity index (χ0v) is 10.9. The Kier molecular flexibility index (Phi) is 20.6. The predicted octanol–water partition coefficient (Wildman–Crippen LogP) is 3.54. The van der Waals surface area contributed by atoms with E-state index in [9.17, 15) is 0 Å². The molecule has 0 heterocycles. The van der Waals surface area contributed by atoms with Gasteiger partial charge in [0, 0.05) is 20.1 Å². The largest absolute Gasteiger partial charge is 0.358 e. The zero-order valence-electron chi connectivity index (χ0n) is 8.47. The van der Waals surface area contributed by atoms with Crippen molar-refractivity contribution >= 4 is 0 Å². The minimum Gasteiger partial charge on any atom is -0.358 e. The molecule has 0 saturated carbocycles. The van der Waals surface area contributed by atoms with Crippen molar-refractivity contribution in [2.24, 2.45) is 0 Å². The van der Waals surface area contributed by atoms with Crippen LogP contribution >= 0.6 is 0 Å². The Morgan fingerprint density at radius 1 is 1.31 bits per heavy atom. The van der Waals surface area contributed by atoms with Crippen LogP contribution in [0.2, 0.25) is 0 Å². The average Bonchev–Trinajstić information content (AvgIpc) is 2.08. The maximum absolute atomic E-state index is 3.72. The molecule has 0 saturated heterocycles. The summed E-state index contributed by atoms with van der Waals surface area (Å²) in [7, 11) is 0. The van der Waals surface area contributed by atoms with Crippen molar-refractivity contribution in [3.63, 3.8) is 0 Å². The number of rotatable bonds is 1. The second-order valence-corrected chi connectivity index (χ2v) is 2.14. The molecule has 0 aliphatic heterocycles. The van der Waals surface area contributed by atoms with E-state index < -0.39 is 0 Å². The summed E-state index contributed by atoms with van der Waals surface area (Å²) in [4.78, 5) is 0. The Morgan fingerprint density at radius 2 is 1.85 bits per heavy atom. The van der Waals surface area contributed by atoms with E-state index in [-0.39, 0.29) is 27.5 Å². The van der Waals surface area contributed by atoms with E-state index >= 15 is 0 Å². The summed E-state index contributed by atoms with van der Waals surface area (Å²) in [6.45, 7) is 9.22. The Hall–Kier alpha value is -0.131. The minimum absolute atomic E-state index is 0. The topological polar surface area (TPSA) is 0 Å². The van der Waals surface area contributed by atoms with Crippen LogP contribution in [0, 0.1) is 27.3 Å². The molecule has 0 bridgehead atoms. The molecule has 0 nitrogen and oxygen atoms in total. The van der Waals surface area contributed by atoms with Crippen LogP contribution in [-0.2, 0) is 26.5 Å². The van der Waals surface area contributed by atoms with Crippen LogP contribution in [0.5, 0.6) is 0 Å². The van der Waals surface area contributed by atoms with Crippen molar-refractivity contribution in [3.8, 4) is 0 Å². The molecular weight excluding hydrogens is 336 g/mol. The van der Waals surface area contributed by atoms with E-state index in [1.54, 1.807) is 0 Å². The van der Waals surface area contributed by atoms with E-state index in [0.29, 0.717) is 0 Å². The first-order valence-electron chi connectivity index (χ1n) is 3.89. The summed E-state index contributed by atoms with van der Waals surface area (Å²) >= 11 is 0. The van der Waals surface area contributed by atoms with Gasteiger partial charge in [-0.3, -0.25) is 0 Å². The number of hydrogen-bond acceptors (Lipinski definition) is 0. The molecule has 0 fully saturated rings. The molecule has 0 spiro atoms. The Labute approximate surface area is 97.1 Å². The molecule has 1 aromatic rings. The quantitative estimate of drug-likeness (QED) is 0.677. The number of benzene rings is 1. The zero-order chi connectivity index (χ0) is 8.53. The maximum atomic E-state index is 3.72. The molecule has 1 radical (unpaired) electrons. The SMILES string of the molecule is [CH2-]CC.[CH2-]Cc1[c-]cccc1.[CH3-].[Ir]. The van der Waals surface area contributed by atoms with Gasteiger partial charge in [-0.1, -0.05) is 6.92 Å². The van der Waals surface area contributed by atoms with Gasteiger partial charge in [-0.05, 0) is 0 Å². The van der Waals surface area contributed by atoms with Crippen LogP contribution in [0.25, 0.3) is 0 Å². The fourth-order valence-electron chi connectivity index (χ4n) is 0.586. The minimum atomic E-state index is 0. The maximum Gasteiger partial charge on any atom is 0 e. The van der Waals surface area contributed by atoms with Gasteiger partial charge in [-0.25, -0.2) is 0 Å². The summed E-state index contributed by atoms with van der Waals surface area (Å²) in [6.07, 6.45) is 1.83. The molecule has 1 heteroatoms. The van der Waals surface area contributed by atoms with Crippen LogP contribution < -0.4 is 0 Å². The summed E-state index contributed by atoms with van der Waals surface area (Å²) in [5.74, 6) is 0. The van der Waals surface area contributed by atoms with E-state index in [1.807, 2.05) is 31.2 Å². The Balaban J connectivity index is -0.000000180. The van der Waals surface area contributed by atoms with Crippen molar-refractivity contribution in [1.29, 1.82) is 0 Å². The fraction of sp³-hybridized carbons (Fsp3) is 0.250. The van der Waals surface area contributed by atoms with Crippen molar-refractivity contribution in [2.75, 3.05) is 0 Å². The molecule has 0 aromatic heterocycles. The summed E-state index contributed by atoms with van der Waals surface area (Å²) in [6, 6.07) is 10.9. The molecule has 0 amide bonds. The third-order valence-electron chi connectivity index (χ3n) is 1.04. The first-order valence-corrected chi connectivity index (χ1v) is 3.89. The van der Waals surface area contributed by atoms with Gasteiger partial charge in [-0.15, -0.1) is 0 Å². The van der Waals surface area contributed by atoms with E-state index in [4.69, 9.17) is 0 Å². The smallest absolute Gasteiger partial charge is 0 e. The van der Waals surface area contributed by atoms with E-state index in [0.717, 1.165) is 12.8 Å². The van der Waals surface area contributed by atoms with Gasteiger partial charge in [0.05, 0.1) is 0 Å². The van der Waals surface area contributed by atoms with Crippen LogP contribution in [-0.4, -0.2) is 0 Å². The van der Waals surface area contributed by atoms with Gasteiger partial charge in [0.15, 0.2) is 0 Å². The molecule has 1 rings (SSSR count). The summed E-state index contributed by atoms with van der Waals surface area (Å²) < 4.78 is 0. The Bertz CT molecular complexity index is 158. The standard InChI is InChI=1S/C8H8.C3H7.CH3.Ir/c1-2-8-6-4-3-5-7-8;1-3-2;;/h3-6H,1-2H2;1,3H2,2H3;1H3;/q-2;2*-1;. The van der Waals surface area contributed by atoms with Crippen molar-refractivity contribution in [3.05, 3.63) is 57.2 Å². The molecule has 0 N–H and O–H groups in total. The number of hydrogen-bond donors (Lipinski definition) is 0. The first kappa shape index (κ1) is 18.6. The van der Waals surface area contributed by atoms with Gasteiger partial charge in [0.2, 0.25) is 0 Å². The normalized spacial score (nSPS) is 7.00. The van der Waals surface area contributed by atoms with Crippen LogP contribution in [0.15, 0.2) is 24.3 Å². The molecular formula is C12H18Ir-4. The molecule has 0 atom stereocenters. The van der Waals surface area contributed by atoms with Crippen LogP contribution in [0.1, 0.15) is 18.9 Å². The summed E-state index contributed by atoms with van der Waals surface area (Å²) in [5.41, 5.74) is 1.17. The predicted molar refractivity (Wildman–Crippen MR) is 56.4 cm³/mol. The van der Waals surface area contributed by atoms with Crippen LogP contribution in [0.3, 0.4) is 0 Å². The average molecular weight is 354 g/mol. The molecule has 13 heavy (non-hydrogen) atoms. The van der Waals surface area contributed by atoms with Crippen molar-refractivity contribution in [2.45, 2.75) is 19.8 Å². The third-order valence-corrected chi connectivity index (χ3v) is 1.04. The molecule has 0 aliphatic carbocycles. The molecule has 79 valence electrons. The van der Waals surface area contributed by atoms with Gasteiger partial charge >= 0.3 is 0 Å².